The normalized spacial score (nSPS) is 10.1. The summed E-state index contributed by atoms with van der Waals surface area (Å²) in [6.07, 6.45) is 1.72. The van der Waals surface area contributed by atoms with Crippen LogP contribution >= 0.6 is 11.6 Å². The SMILES string of the molecule is N#CCCN(Cc1ccco1)C(=O)COc1ccc(F)c(Cl)c1. The molecule has 0 saturated carbocycles. The summed E-state index contributed by atoms with van der Waals surface area (Å²) in [5.74, 6) is 0.0417. The monoisotopic (exact) mass is 336 g/mol. The Balaban J connectivity index is 1.96. The van der Waals surface area contributed by atoms with Gasteiger partial charge in [0.15, 0.2) is 6.61 Å². The first-order valence-corrected chi connectivity index (χ1v) is 7.23. The topological polar surface area (TPSA) is 66.5 Å². The molecule has 1 heterocycles. The number of hydrogen-bond donors (Lipinski definition) is 0. The van der Waals surface area contributed by atoms with E-state index in [9.17, 15) is 9.18 Å². The Morgan fingerprint density at radius 1 is 1.43 bits per heavy atom. The highest BCUT2D eigenvalue weighted by Gasteiger charge is 2.16. The Labute approximate surface area is 137 Å². The molecule has 5 nitrogen and oxygen atoms in total. The average molecular weight is 337 g/mol. The van der Waals surface area contributed by atoms with Crippen LogP contribution in [0.5, 0.6) is 5.75 Å². The van der Waals surface area contributed by atoms with Gasteiger partial charge in [-0.3, -0.25) is 4.79 Å². The van der Waals surface area contributed by atoms with Crippen molar-refractivity contribution in [1.82, 2.24) is 4.90 Å². The summed E-state index contributed by atoms with van der Waals surface area (Å²) in [6, 6.07) is 9.32. The van der Waals surface area contributed by atoms with Crippen LogP contribution in [-0.4, -0.2) is 24.0 Å². The molecule has 0 aliphatic carbocycles. The molecule has 0 N–H and O–H groups in total. The highest BCUT2D eigenvalue weighted by atomic mass is 35.5. The molecule has 0 spiro atoms. The van der Waals surface area contributed by atoms with Gasteiger partial charge in [0.1, 0.15) is 17.3 Å². The second kappa shape index (κ2) is 8.20. The van der Waals surface area contributed by atoms with Crippen molar-refractivity contribution in [2.45, 2.75) is 13.0 Å². The number of hydrogen-bond acceptors (Lipinski definition) is 4. The summed E-state index contributed by atoms with van der Waals surface area (Å²) in [7, 11) is 0. The van der Waals surface area contributed by atoms with Gasteiger partial charge < -0.3 is 14.1 Å². The molecular weight excluding hydrogens is 323 g/mol. The van der Waals surface area contributed by atoms with Gasteiger partial charge in [0, 0.05) is 12.6 Å². The van der Waals surface area contributed by atoms with Crippen molar-refractivity contribution < 1.29 is 18.3 Å². The summed E-state index contributed by atoms with van der Waals surface area (Å²) in [4.78, 5) is 13.7. The highest BCUT2D eigenvalue weighted by molar-refractivity contribution is 6.30. The van der Waals surface area contributed by atoms with E-state index in [1.54, 1.807) is 12.1 Å². The Morgan fingerprint density at radius 3 is 2.91 bits per heavy atom. The number of halogens is 2. The zero-order valence-corrected chi connectivity index (χ0v) is 12.9. The number of nitrogens with zero attached hydrogens (tertiary/aromatic N) is 2. The van der Waals surface area contributed by atoms with E-state index in [1.165, 1.54) is 29.4 Å². The predicted molar refractivity (Wildman–Crippen MR) is 81.3 cm³/mol. The Bertz CT molecular complexity index is 698. The van der Waals surface area contributed by atoms with Crippen LogP contribution in [0.25, 0.3) is 0 Å². The molecule has 0 aliphatic heterocycles. The summed E-state index contributed by atoms with van der Waals surface area (Å²) < 4.78 is 23.6. The maximum absolute atomic E-state index is 13.1. The van der Waals surface area contributed by atoms with Crippen LogP contribution in [0.3, 0.4) is 0 Å². The van der Waals surface area contributed by atoms with Crippen LogP contribution in [0.4, 0.5) is 4.39 Å². The number of amides is 1. The lowest BCUT2D eigenvalue weighted by atomic mass is 10.3. The number of carbonyl (C=O) groups is 1. The van der Waals surface area contributed by atoms with Crippen molar-refractivity contribution in [3.05, 3.63) is 53.2 Å². The molecule has 2 rings (SSSR count). The number of ether oxygens (including phenoxy) is 1. The molecule has 2 aromatic rings. The van der Waals surface area contributed by atoms with E-state index < -0.39 is 5.82 Å². The minimum atomic E-state index is -0.557. The van der Waals surface area contributed by atoms with Gasteiger partial charge in [0.05, 0.1) is 30.3 Å². The summed E-state index contributed by atoms with van der Waals surface area (Å²) in [5.41, 5.74) is 0. The van der Waals surface area contributed by atoms with E-state index in [1.807, 2.05) is 6.07 Å². The van der Waals surface area contributed by atoms with Gasteiger partial charge >= 0.3 is 0 Å². The lowest BCUT2D eigenvalue weighted by molar-refractivity contribution is -0.134. The fourth-order valence-electron chi connectivity index (χ4n) is 1.87. The van der Waals surface area contributed by atoms with Crippen molar-refractivity contribution in [3.63, 3.8) is 0 Å². The fourth-order valence-corrected chi connectivity index (χ4v) is 2.04. The van der Waals surface area contributed by atoms with Gasteiger partial charge in [-0.1, -0.05) is 11.6 Å². The quantitative estimate of drug-likeness (QED) is 0.777. The number of benzene rings is 1. The second-order valence-electron chi connectivity index (χ2n) is 4.67. The third-order valence-electron chi connectivity index (χ3n) is 3.03. The maximum atomic E-state index is 13.1. The fraction of sp³-hybridized carbons (Fsp3) is 0.250. The van der Waals surface area contributed by atoms with E-state index in [4.69, 9.17) is 26.0 Å². The van der Waals surface area contributed by atoms with Crippen LogP contribution in [0.2, 0.25) is 5.02 Å². The van der Waals surface area contributed by atoms with Gasteiger partial charge in [-0.2, -0.15) is 5.26 Å². The average Bonchev–Trinajstić information content (AvgIpc) is 3.05. The molecule has 120 valence electrons. The Morgan fingerprint density at radius 2 is 2.26 bits per heavy atom. The largest absolute Gasteiger partial charge is 0.484 e. The molecule has 1 aromatic heterocycles. The maximum Gasteiger partial charge on any atom is 0.260 e. The number of rotatable bonds is 7. The molecular formula is C16H14ClFN2O3. The number of nitriles is 1. The lowest BCUT2D eigenvalue weighted by Gasteiger charge is -2.20. The van der Waals surface area contributed by atoms with Crippen LogP contribution in [0, 0.1) is 17.1 Å². The van der Waals surface area contributed by atoms with Gasteiger partial charge in [0.25, 0.3) is 5.91 Å². The minimum Gasteiger partial charge on any atom is -0.484 e. The van der Waals surface area contributed by atoms with Crippen LogP contribution in [0.1, 0.15) is 12.2 Å². The summed E-state index contributed by atoms with van der Waals surface area (Å²) in [5, 5.41) is 8.62. The van der Waals surface area contributed by atoms with Gasteiger partial charge in [-0.05, 0) is 24.3 Å². The van der Waals surface area contributed by atoms with Crippen LogP contribution < -0.4 is 4.74 Å². The van der Waals surface area contributed by atoms with Crippen molar-refractivity contribution in [2.75, 3.05) is 13.2 Å². The van der Waals surface area contributed by atoms with Gasteiger partial charge in [-0.15, -0.1) is 0 Å². The van der Waals surface area contributed by atoms with Crippen molar-refractivity contribution in [2.24, 2.45) is 0 Å². The van der Waals surface area contributed by atoms with E-state index in [0.29, 0.717) is 11.5 Å². The molecule has 23 heavy (non-hydrogen) atoms. The molecule has 7 heteroatoms. The zero-order chi connectivity index (χ0) is 16.7. The van der Waals surface area contributed by atoms with Crippen molar-refractivity contribution in [1.29, 1.82) is 5.26 Å². The standard InChI is InChI=1S/C16H14ClFN2O3/c17-14-9-12(4-5-15(14)18)23-11-16(21)20(7-2-6-19)10-13-3-1-8-22-13/h1,3-5,8-9H,2,7,10-11H2. The summed E-state index contributed by atoms with van der Waals surface area (Å²) >= 11 is 5.66. The molecule has 0 aliphatic rings. The Hall–Kier alpha value is -2.52. The molecule has 0 fully saturated rings. The molecule has 0 bridgehead atoms. The van der Waals surface area contributed by atoms with Crippen molar-refractivity contribution in [3.8, 4) is 11.8 Å². The molecule has 0 radical (unpaired) electrons. The van der Waals surface area contributed by atoms with Gasteiger partial charge in [0.2, 0.25) is 0 Å². The number of carbonyl (C=O) groups excluding carboxylic acids is 1. The highest BCUT2D eigenvalue weighted by Crippen LogP contribution is 2.21. The van der Waals surface area contributed by atoms with E-state index >= 15 is 0 Å². The third-order valence-corrected chi connectivity index (χ3v) is 3.32. The molecule has 0 saturated heterocycles. The van der Waals surface area contributed by atoms with Crippen LogP contribution in [-0.2, 0) is 11.3 Å². The van der Waals surface area contributed by atoms with Crippen molar-refractivity contribution >= 4 is 17.5 Å². The second-order valence-corrected chi connectivity index (χ2v) is 5.07. The molecule has 0 unspecified atom stereocenters. The van der Waals surface area contributed by atoms with Crippen LogP contribution in [0.15, 0.2) is 41.0 Å². The summed E-state index contributed by atoms with van der Waals surface area (Å²) in [6.45, 7) is 0.277. The van der Waals surface area contributed by atoms with E-state index in [0.717, 1.165) is 0 Å². The lowest BCUT2D eigenvalue weighted by Crippen LogP contribution is -2.35. The first kappa shape index (κ1) is 16.8. The predicted octanol–water partition coefficient (Wildman–Crippen LogP) is 3.39. The third kappa shape index (κ3) is 5.01. The van der Waals surface area contributed by atoms with E-state index in [-0.39, 0.29) is 37.0 Å². The molecule has 0 atom stereocenters. The Kier molecular flexibility index (Phi) is 6.01. The van der Waals surface area contributed by atoms with E-state index in [2.05, 4.69) is 0 Å². The number of furan rings is 1. The minimum absolute atomic E-state index is 0.0770. The molecule has 1 aromatic carbocycles. The molecule has 1 amide bonds. The first-order valence-electron chi connectivity index (χ1n) is 6.85. The van der Waals surface area contributed by atoms with Gasteiger partial charge in [-0.25, -0.2) is 4.39 Å². The zero-order valence-electron chi connectivity index (χ0n) is 12.2. The first-order chi connectivity index (χ1) is 11.1. The smallest absolute Gasteiger partial charge is 0.260 e.